The van der Waals surface area contributed by atoms with E-state index < -0.39 is 0 Å². The second-order valence-electron chi connectivity index (χ2n) is 3.07. The SMILES string of the molecule is COC(=O)[C@@H]1NCCC[C@@H]1C.Cl. The lowest BCUT2D eigenvalue weighted by atomic mass is 9.93. The molecule has 0 aromatic heterocycles. The van der Waals surface area contributed by atoms with Gasteiger partial charge in [-0.05, 0) is 25.3 Å². The van der Waals surface area contributed by atoms with Crippen molar-refractivity contribution in [3.05, 3.63) is 0 Å². The Morgan fingerprint density at radius 3 is 2.75 bits per heavy atom. The van der Waals surface area contributed by atoms with Crippen LogP contribution in [0.3, 0.4) is 0 Å². The van der Waals surface area contributed by atoms with Gasteiger partial charge in [-0.1, -0.05) is 6.92 Å². The molecular weight excluding hydrogens is 178 g/mol. The summed E-state index contributed by atoms with van der Waals surface area (Å²) in [6.45, 7) is 3.01. The second kappa shape index (κ2) is 5.38. The summed E-state index contributed by atoms with van der Waals surface area (Å²) in [6.07, 6.45) is 2.28. The Labute approximate surface area is 79.3 Å². The molecule has 72 valence electrons. The van der Waals surface area contributed by atoms with E-state index in [4.69, 9.17) is 0 Å². The van der Waals surface area contributed by atoms with Gasteiger partial charge in [0.15, 0.2) is 0 Å². The Hall–Kier alpha value is -0.280. The van der Waals surface area contributed by atoms with Crippen molar-refractivity contribution in [2.75, 3.05) is 13.7 Å². The van der Waals surface area contributed by atoms with Crippen molar-refractivity contribution >= 4 is 18.4 Å². The summed E-state index contributed by atoms with van der Waals surface area (Å²) in [4.78, 5) is 11.1. The molecule has 1 saturated heterocycles. The van der Waals surface area contributed by atoms with E-state index in [1.807, 2.05) is 0 Å². The van der Waals surface area contributed by atoms with Gasteiger partial charge >= 0.3 is 5.97 Å². The van der Waals surface area contributed by atoms with Gasteiger partial charge < -0.3 is 10.1 Å². The fourth-order valence-electron chi connectivity index (χ4n) is 1.49. The van der Waals surface area contributed by atoms with E-state index in [1.165, 1.54) is 7.11 Å². The van der Waals surface area contributed by atoms with E-state index in [9.17, 15) is 4.79 Å². The van der Waals surface area contributed by atoms with Crippen LogP contribution in [0, 0.1) is 5.92 Å². The molecule has 1 aliphatic rings. The number of carbonyl (C=O) groups excluding carboxylic acids is 1. The molecule has 0 bridgehead atoms. The standard InChI is InChI=1S/C8H15NO2.ClH/c1-6-4-3-5-9-7(6)8(10)11-2;/h6-7,9H,3-5H2,1-2H3;1H/t6-,7+;/m0./s1. The van der Waals surface area contributed by atoms with Gasteiger partial charge in [-0.15, -0.1) is 12.4 Å². The average Bonchev–Trinajstić information content (AvgIpc) is 2.04. The molecule has 3 nitrogen and oxygen atoms in total. The van der Waals surface area contributed by atoms with Crippen LogP contribution in [0.25, 0.3) is 0 Å². The van der Waals surface area contributed by atoms with Crippen LogP contribution in [-0.4, -0.2) is 25.7 Å². The van der Waals surface area contributed by atoms with Gasteiger partial charge in [0.1, 0.15) is 6.04 Å². The minimum absolute atomic E-state index is 0. The summed E-state index contributed by atoms with van der Waals surface area (Å²) >= 11 is 0. The molecule has 1 heterocycles. The highest BCUT2D eigenvalue weighted by Crippen LogP contribution is 2.15. The summed E-state index contributed by atoms with van der Waals surface area (Å²) in [5.41, 5.74) is 0. The number of rotatable bonds is 1. The first-order valence-corrected chi connectivity index (χ1v) is 4.07. The lowest BCUT2D eigenvalue weighted by Gasteiger charge is -2.27. The zero-order valence-electron chi connectivity index (χ0n) is 7.50. The molecule has 1 N–H and O–H groups in total. The third kappa shape index (κ3) is 2.64. The quantitative estimate of drug-likeness (QED) is 0.631. The van der Waals surface area contributed by atoms with Gasteiger partial charge in [-0.3, -0.25) is 4.79 Å². The van der Waals surface area contributed by atoms with Crippen molar-refractivity contribution < 1.29 is 9.53 Å². The monoisotopic (exact) mass is 193 g/mol. The number of methoxy groups -OCH3 is 1. The Balaban J connectivity index is 0.00000121. The smallest absolute Gasteiger partial charge is 0.323 e. The predicted octanol–water partition coefficient (Wildman–Crippen LogP) is 0.969. The van der Waals surface area contributed by atoms with Crippen LogP contribution in [0.4, 0.5) is 0 Å². The highest BCUT2D eigenvalue weighted by atomic mass is 35.5. The van der Waals surface area contributed by atoms with Crippen molar-refractivity contribution in [3.63, 3.8) is 0 Å². The molecule has 0 aliphatic carbocycles. The maximum Gasteiger partial charge on any atom is 0.323 e. The van der Waals surface area contributed by atoms with Gasteiger partial charge in [0, 0.05) is 0 Å². The molecule has 12 heavy (non-hydrogen) atoms. The van der Waals surface area contributed by atoms with Gasteiger partial charge in [0.05, 0.1) is 7.11 Å². The fraction of sp³-hybridized carbons (Fsp3) is 0.875. The molecule has 0 radical (unpaired) electrons. The Morgan fingerprint density at radius 2 is 2.25 bits per heavy atom. The number of hydrogen-bond acceptors (Lipinski definition) is 3. The largest absolute Gasteiger partial charge is 0.468 e. The van der Waals surface area contributed by atoms with E-state index in [0.29, 0.717) is 5.92 Å². The minimum Gasteiger partial charge on any atom is -0.468 e. The highest BCUT2D eigenvalue weighted by Gasteiger charge is 2.27. The first-order valence-electron chi connectivity index (χ1n) is 4.07. The normalized spacial score (nSPS) is 28.8. The third-order valence-electron chi connectivity index (χ3n) is 2.22. The first kappa shape index (κ1) is 11.7. The fourth-order valence-corrected chi connectivity index (χ4v) is 1.49. The number of esters is 1. The number of nitrogens with one attached hydrogen (secondary N) is 1. The molecule has 1 fully saturated rings. The molecule has 0 spiro atoms. The van der Waals surface area contributed by atoms with Crippen molar-refractivity contribution in [1.82, 2.24) is 5.32 Å². The third-order valence-corrected chi connectivity index (χ3v) is 2.22. The highest BCUT2D eigenvalue weighted by molar-refractivity contribution is 5.85. The lowest BCUT2D eigenvalue weighted by molar-refractivity contribution is -0.145. The van der Waals surface area contributed by atoms with Gasteiger partial charge in [-0.2, -0.15) is 0 Å². The van der Waals surface area contributed by atoms with Crippen LogP contribution in [0.15, 0.2) is 0 Å². The van der Waals surface area contributed by atoms with Crippen molar-refractivity contribution in [2.45, 2.75) is 25.8 Å². The van der Waals surface area contributed by atoms with Crippen LogP contribution >= 0.6 is 12.4 Å². The summed E-state index contributed by atoms with van der Waals surface area (Å²) < 4.78 is 4.66. The minimum atomic E-state index is -0.128. The molecule has 0 unspecified atom stereocenters. The number of carbonyl (C=O) groups is 1. The lowest BCUT2D eigenvalue weighted by Crippen LogP contribution is -2.46. The Kier molecular flexibility index (Phi) is 5.25. The van der Waals surface area contributed by atoms with E-state index in [-0.39, 0.29) is 24.4 Å². The maximum atomic E-state index is 11.1. The molecule has 0 aromatic carbocycles. The molecule has 0 saturated carbocycles. The van der Waals surface area contributed by atoms with Crippen LogP contribution < -0.4 is 5.32 Å². The van der Waals surface area contributed by atoms with Gasteiger partial charge in [0.2, 0.25) is 0 Å². The van der Waals surface area contributed by atoms with Gasteiger partial charge in [0.25, 0.3) is 0 Å². The van der Waals surface area contributed by atoms with E-state index >= 15 is 0 Å². The van der Waals surface area contributed by atoms with Gasteiger partial charge in [-0.25, -0.2) is 0 Å². The van der Waals surface area contributed by atoms with Crippen molar-refractivity contribution in [2.24, 2.45) is 5.92 Å². The zero-order valence-corrected chi connectivity index (χ0v) is 8.32. The predicted molar refractivity (Wildman–Crippen MR) is 49.5 cm³/mol. The second-order valence-corrected chi connectivity index (χ2v) is 3.07. The molecule has 1 aliphatic heterocycles. The number of halogens is 1. The van der Waals surface area contributed by atoms with Crippen LogP contribution in [0.5, 0.6) is 0 Å². The maximum absolute atomic E-state index is 11.1. The van der Waals surface area contributed by atoms with E-state index in [1.54, 1.807) is 0 Å². The van der Waals surface area contributed by atoms with Crippen molar-refractivity contribution in [1.29, 1.82) is 0 Å². The van der Waals surface area contributed by atoms with Crippen LogP contribution in [-0.2, 0) is 9.53 Å². The number of hydrogen-bond donors (Lipinski definition) is 1. The molecule has 1 rings (SSSR count). The number of ether oxygens (including phenoxy) is 1. The average molecular weight is 194 g/mol. The molecule has 0 aromatic rings. The van der Waals surface area contributed by atoms with E-state index in [0.717, 1.165) is 19.4 Å². The summed E-state index contributed by atoms with van der Waals surface area (Å²) in [5.74, 6) is 0.286. The van der Waals surface area contributed by atoms with Crippen molar-refractivity contribution in [3.8, 4) is 0 Å². The summed E-state index contributed by atoms with van der Waals surface area (Å²) in [6, 6.07) is -0.0752. The topological polar surface area (TPSA) is 38.3 Å². The molecule has 0 amide bonds. The summed E-state index contributed by atoms with van der Waals surface area (Å²) in [5, 5.41) is 3.14. The summed E-state index contributed by atoms with van der Waals surface area (Å²) in [7, 11) is 1.44. The Morgan fingerprint density at radius 1 is 1.58 bits per heavy atom. The first-order chi connectivity index (χ1) is 5.25. The van der Waals surface area contributed by atoms with Crippen LogP contribution in [0.2, 0.25) is 0 Å². The molecule has 2 atom stereocenters. The number of piperidine rings is 1. The molecule has 4 heteroatoms. The molecular formula is C8H16ClNO2. The van der Waals surface area contributed by atoms with Crippen LogP contribution in [0.1, 0.15) is 19.8 Å². The Bertz CT molecular complexity index is 152. The van der Waals surface area contributed by atoms with E-state index in [2.05, 4.69) is 17.0 Å². The zero-order chi connectivity index (χ0) is 8.27.